The van der Waals surface area contributed by atoms with E-state index in [1.165, 1.54) is 7.11 Å². The number of nitrogens with two attached hydrogens (primary N) is 1. The average Bonchev–Trinajstić information content (AvgIpc) is 2.34. The SMILES string of the molecule is COC(C)(C)CNC(=O)c1cc(S(N)(=O)=O)c(F)cc1Br. The van der Waals surface area contributed by atoms with Crippen LogP contribution in [0.3, 0.4) is 0 Å². The van der Waals surface area contributed by atoms with Crippen LogP contribution in [0, 0.1) is 5.82 Å². The summed E-state index contributed by atoms with van der Waals surface area (Å²) in [6, 6.07) is 1.78. The van der Waals surface area contributed by atoms with E-state index in [4.69, 9.17) is 9.88 Å². The third-order valence-corrected chi connectivity index (χ3v) is 4.38. The number of ether oxygens (including phenoxy) is 1. The van der Waals surface area contributed by atoms with Crippen LogP contribution >= 0.6 is 15.9 Å². The van der Waals surface area contributed by atoms with Crippen LogP contribution in [0.15, 0.2) is 21.5 Å². The number of nitrogens with one attached hydrogen (secondary N) is 1. The number of hydrogen-bond donors (Lipinski definition) is 2. The van der Waals surface area contributed by atoms with E-state index >= 15 is 0 Å². The molecule has 21 heavy (non-hydrogen) atoms. The van der Waals surface area contributed by atoms with Crippen molar-refractivity contribution in [3.63, 3.8) is 0 Å². The first-order valence-electron chi connectivity index (χ1n) is 5.83. The molecule has 1 rings (SSSR count). The van der Waals surface area contributed by atoms with Crippen LogP contribution in [0.4, 0.5) is 4.39 Å². The van der Waals surface area contributed by atoms with Crippen molar-refractivity contribution in [3.05, 3.63) is 28.0 Å². The van der Waals surface area contributed by atoms with Crippen molar-refractivity contribution in [2.75, 3.05) is 13.7 Å². The van der Waals surface area contributed by atoms with Gasteiger partial charge in [0, 0.05) is 18.1 Å². The molecule has 0 aliphatic rings. The second-order valence-corrected chi connectivity index (χ2v) is 7.34. The molecule has 9 heteroatoms. The number of methoxy groups -OCH3 is 1. The third-order valence-electron chi connectivity index (χ3n) is 2.80. The van der Waals surface area contributed by atoms with Gasteiger partial charge in [-0.05, 0) is 41.9 Å². The Morgan fingerprint density at radius 2 is 2.05 bits per heavy atom. The van der Waals surface area contributed by atoms with Gasteiger partial charge in [0.25, 0.3) is 5.91 Å². The van der Waals surface area contributed by atoms with Crippen molar-refractivity contribution in [1.82, 2.24) is 5.32 Å². The van der Waals surface area contributed by atoms with E-state index in [1.807, 2.05) is 0 Å². The molecule has 0 heterocycles. The highest BCUT2D eigenvalue weighted by molar-refractivity contribution is 9.10. The van der Waals surface area contributed by atoms with E-state index in [1.54, 1.807) is 13.8 Å². The molecule has 0 radical (unpaired) electrons. The molecule has 0 bridgehead atoms. The molecule has 118 valence electrons. The lowest BCUT2D eigenvalue weighted by Gasteiger charge is -2.23. The fourth-order valence-electron chi connectivity index (χ4n) is 1.38. The van der Waals surface area contributed by atoms with Crippen molar-refractivity contribution >= 4 is 31.9 Å². The summed E-state index contributed by atoms with van der Waals surface area (Å²) in [7, 11) is -2.76. The number of carbonyl (C=O) groups excluding carboxylic acids is 1. The summed E-state index contributed by atoms with van der Waals surface area (Å²) in [6.07, 6.45) is 0. The maximum absolute atomic E-state index is 13.6. The summed E-state index contributed by atoms with van der Waals surface area (Å²) in [4.78, 5) is 11.3. The van der Waals surface area contributed by atoms with E-state index in [-0.39, 0.29) is 16.6 Å². The summed E-state index contributed by atoms with van der Waals surface area (Å²) in [5, 5.41) is 7.48. The van der Waals surface area contributed by atoms with Crippen LogP contribution in [0.5, 0.6) is 0 Å². The summed E-state index contributed by atoms with van der Waals surface area (Å²) >= 11 is 3.02. The zero-order chi connectivity index (χ0) is 16.4. The molecule has 0 aliphatic carbocycles. The Balaban J connectivity index is 3.11. The topological polar surface area (TPSA) is 98.5 Å². The van der Waals surface area contributed by atoms with Gasteiger partial charge in [0.2, 0.25) is 10.0 Å². The molecule has 0 aromatic heterocycles. The fraction of sp³-hybridized carbons (Fsp3) is 0.417. The number of amides is 1. The van der Waals surface area contributed by atoms with E-state index in [0.717, 1.165) is 12.1 Å². The van der Waals surface area contributed by atoms with Gasteiger partial charge in [0.15, 0.2) is 0 Å². The van der Waals surface area contributed by atoms with Crippen LogP contribution in [0.1, 0.15) is 24.2 Å². The van der Waals surface area contributed by atoms with Gasteiger partial charge in [0.05, 0.1) is 11.2 Å². The lowest BCUT2D eigenvalue weighted by atomic mass is 10.1. The van der Waals surface area contributed by atoms with E-state index in [2.05, 4.69) is 21.2 Å². The Hall–Kier alpha value is -1.03. The summed E-state index contributed by atoms with van der Waals surface area (Å²) in [5.74, 6) is -1.60. The third kappa shape index (κ3) is 4.73. The normalized spacial score (nSPS) is 12.3. The zero-order valence-corrected chi connectivity index (χ0v) is 14.1. The molecule has 0 aliphatic heterocycles. The van der Waals surface area contributed by atoms with Crippen molar-refractivity contribution in [2.24, 2.45) is 5.14 Å². The zero-order valence-electron chi connectivity index (χ0n) is 11.7. The Morgan fingerprint density at radius 1 is 1.48 bits per heavy atom. The minimum atomic E-state index is -4.25. The highest BCUT2D eigenvalue weighted by atomic mass is 79.9. The highest BCUT2D eigenvalue weighted by Gasteiger charge is 2.22. The minimum absolute atomic E-state index is 0.0349. The Bertz CT molecular complexity index is 661. The first-order valence-corrected chi connectivity index (χ1v) is 8.17. The fourth-order valence-corrected chi connectivity index (χ4v) is 2.49. The lowest BCUT2D eigenvalue weighted by molar-refractivity contribution is 0.0228. The minimum Gasteiger partial charge on any atom is -0.377 e. The molecule has 0 atom stereocenters. The Labute approximate surface area is 131 Å². The molecule has 0 unspecified atom stereocenters. The van der Waals surface area contributed by atoms with Crippen LogP contribution in [0.2, 0.25) is 0 Å². The summed E-state index contributed by atoms with van der Waals surface area (Å²) in [6.45, 7) is 3.72. The monoisotopic (exact) mass is 382 g/mol. The molecule has 3 N–H and O–H groups in total. The second-order valence-electron chi connectivity index (χ2n) is 4.95. The van der Waals surface area contributed by atoms with Gasteiger partial charge in [-0.1, -0.05) is 0 Å². The molecule has 0 saturated carbocycles. The lowest BCUT2D eigenvalue weighted by Crippen LogP contribution is -2.39. The first-order chi connectivity index (χ1) is 9.48. The molecule has 0 saturated heterocycles. The molecule has 1 aromatic rings. The molecule has 1 aromatic carbocycles. The van der Waals surface area contributed by atoms with E-state index in [0.29, 0.717) is 0 Å². The van der Waals surface area contributed by atoms with E-state index in [9.17, 15) is 17.6 Å². The van der Waals surface area contributed by atoms with Crippen LogP contribution in [-0.4, -0.2) is 33.6 Å². The van der Waals surface area contributed by atoms with Crippen LogP contribution in [0.25, 0.3) is 0 Å². The van der Waals surface area contributed by atoms with Crippen molar-refractivity contribution in [2.45, 2.75) is 24.3 Å². The van der Waals surface area contributed by atoms with E-state index < -0.39 is 32.2 Å². The van der Waals surface area contributed by atoms with Crippen molar-refractivity contribution < 1.29 is 22.3 Å². The number of halogens is 2. The Kier molecular flexibility index (Phi) is 5.48. The molecule has 1 amide bonds. The smallest absolute Gasteiger partial charge is 0.252 e. The predicted molar refractivity (Wildman–Crippen MR) is 78.9 cm³/mol. The standard InChI is InChI=1S/C12H16BrFN2O4S/c1-12(2,20-3)6-16-11(17)7-4-10(21(15,18)19)9(14)5-8(7)13/h4-5H,6H2,1-3H3,(H,16,17)(H2,15,18,19). The van der Waals surface area contributed by atoms with Crippen molar-refractivity contribution in [3.8, 4) is 0 Å². The van der Waals surface area contributed by atoms with Gasteiger partial charge in [-0.2, -0.15) is 0 Å². The van der Waals surface area contributed by atoms with Gasteiger partial charge in [-0.15, -0.1) is 0 Å². The van der Waals surface area contributed by atoms with Gasteiger partial charge in [-0.25, -0.2) is 17.9 Å². The number of hydrogen-bond acceptors (Lipinski definition) is 4. The summed E-state index contributed by atoms with van der Waals surface area (Å²) < 4.78 is 41.4. The number of sulfonamides is 1. The first kappa shape index (κ1) is 18.0. The maximum Gasteiger partial charge on any atom is 0.252 e. The van der Waals surface area contributed by atoms with Crippen LogP contribution < -0.4 is 10.5 Å². The predicted octanol–water partition coefficient (Wildman–Crippen LogP) is 1.39. The number of carbonyl (C=O) groups is 1. The van der Waals surface area contributed by atoms with Gasteiger partial charge in [0.1, 0.15) is 10.7 Å². The number of rotatable bonds is 5. The molecular weight excluding hydrogens is 367 g/mol. The average molecular weight is 383 g/mol. The van der Waals surface area contributed by atoms with Crippen molar-refractivity contribution in [1.29, 1.82) is 0 Å². The number of primary sulfonamides is 1. The van der Waals surface area contributed by atoms with Gasteiger partial charge >= 0.3 is 0 Å². The summed E-state index contributed by atoms with van der Waals surface area (Å²) in [5.41, 5.74) is -0.627. The maximum atomic E-state index is 13.6. The number of benzene rings is 1. The largest absolute Gasteiger partial charge is 0.377 e. The molecular formula is C12H16BrFN2O4S. The van der Waals surface area contributed by atoms with Gasteiger partial charge < -0.3 is 10.1 Å². The van der Waals surface area contributed by atoms with Crippen LogP contribution in [-0.2, 0) is 14.8 Å². The molecule has 6 nitrogen and oxygen atoms in total. The Morgan fingerprint density at radius 3 is 2.52 bits per heavy atom. The quantitative estimate of drug-likeness (QED) is 0.803. The molecule has 0 fully saturated rings. The second kappa shape index (κ2) is 6.39. The highest BCUT2D eigenvalue weighted by Crippen LogP contribution is 2.24. The van der Waals surface area contributed by atoms with Gasteiger partial charge in [-0.3, -0.25) is 4.79 Å². The molecule has 0 spiro atoms.